The second kappa shape index (κ2) is 10.8. The maximum Gasteiger partial charge on any atom is 2.00 e. The molecule has 4 heterocycles. The van der Waals surface area contributed by atoms with Gasteiger partial charge >= 0.3 is 21.1 Å². The Labute approximate surface area is 292 Å². The first-order valence-corrected chi connectivity index (χ1v) is 16.2. The number of aromatic nitrogens is 3. The van der Waals surface area contributed by atoms with Crippen molar-refractivity contribution in [1.29, 1.82) is 0 Å². The molecular weight excluding hydrogens is 772 g/mol. The van der Waals surface area contributed by atoms with E-state index in [4.69, 9.17) is 14.7 Å². The summed E-state index contributed by atoms with van der Waals surface area (Å²) >= 11 is 0. The molecule has 5 aromatic carbocycles. The SMILES string of the molecule is Cc1cc(C2=N[C@@H]3c4ccccc4C[C@@H]3O2)[c-]c(-n2c3[c-]c(-n4c5ccc(C)cc5c5cccnc54)ccc3c3cc(C)ccc32)c1.[Pt+2]. The zero-order valence-electron chi connectivity index (χ0n) is 26.7. The third-order valence-electron chi connectivity index (χ3n) is 9.88. The van der Waals surface area contributed by atoms with Crippen LogP contribution < -0.4 is 0 Å². The molecular formula is C42H30N4OPt. The molecule has 8 aromatic rings. The molecule has 1 aliphatic carbocycles. The van der Waals surface area contributed by atoms with Crippen molar-refractivity contribution in [2.75, 3.05) is 0 Å². The Morgan fingerprint density at radius 2 is 1.46 bits per heavy atom. The molecule has 0 amide bonds. The molecule has 6 heteroatoms. The van der Waals surface area contributed by atoms with Gasteiger partial charge in [-0.05, 0) is 66.4 Å². The predicted molar refractivity (Wildman–Crippen MR) is 189 cm³/mol. The van der Waals surface area contributed by atoms with Gasteiger partial charge in [0, 0.05) is 28.9 Å². The summed E-state index contributed by atoms with van der Waals surface area (Å²) in [5, 5.41) is 4.67. The Morgan fingerprint density at radius 3 is 2.29 bits per heavy atom. The van der Waals surface area contributed by atoms with Gasteiger partial charge < -0.3 is 13.9 Å². The van der Waals surface area contributed by atoms with Crippen LogP contribution >= 0.6 is 0 Å². The van der Waals surface area contributed by atoms with Crippen LogP contribution in [-0.4, -0.2) is 26.1 Å². The number of rotatable bonds is 3. The van der Waals surface area contributed by atoms with E-state index in [9.17, 15) is 0 Å². The normalized spacial score (nSPS) is 16.7. The molecule has 0 radical (unpaired) electrons. The average molecular weight is 802 g/mol. The summed E-state index contributed by atoms with van der Waals surface area (Å²) in [6.45, 7) is 6.41. The van der Waals surface area contributed by atoms with E-state index < -0.39 is 0 Å². The van der Waals surface area contributed by atoms with E-state index in [1.165, 1.54) is 33.0 Å². The predicted octanol–water partition coefficient (Wildman–Crippen LogP) is 9.24. The van der Waals surface area contributed by atoms with Crippen LogP contribution in [0.3, 0.4) is 0 Å². The fraction of sp³-hybridized carbons (Fsp3) is 0.143. The molecule has 234 valence electrons. The number of nitrogens with zero attached hydrogens (tertiary/aromatic N) is 4. The molecule has 0 spiro atoms. The summed E-state index contributed by atoms with van der Waals surface area (Å²) in [4.78, 5) is 9.96. The molecule has 10 rings (SSSR count). The Hall–Kier alpha value is -4.99. The zero-order valence-corrected chi connectivity index (χ0v) is 29.0. The summed E-state index contributed by atoms with van der Waals surface area (Å²) in [6.07, 6.45) is 2.79. The standard InChI is InChI=1S/C42H30N4O.Pt/c1-24-10-14-36-34(19-24)32-13-12-29(46-37-15-11-25(2)20-35(37)33-9-6-16-43-41(33)46)23-38(32)45(36)30-18-26(3)17-28(21-30)42-44-40-31-8-5-4-7-27(31)22-39(40)47-42;/h4-20,39-40H,22H2,1-3H3;/q-2;+2/t39-,40+;/m0./s1. The van der Waals surface area contributed by atoms with E-state index in [1.807, 2.05) is 12.3 Å². The van der Waals surface area contributed by atoms with Crippen LogP contribution in [0.2, 0.25) is 0 Å². The van der Waals surface area contributed by atoms with Gasteiger partial charge in [0.15, 0.2) is 0 Å². The van der Waals surface area contributed by atoms with Crippen molar-refractivity contribution in [3.63, 3.8) is 0 Å². The van der Waals surface area contributed by atoms with Gasteiger partial charge in [-0.1, -0.05) is 77.3 Å². The Morgan fingerprint density at radius 1 is 0.688 bits per heavy atom. The molecule has 0 N–H and O–H groups in total. The molecule has 2 atom stereocenters. The van der Waals surface area contributed by atoms with E-state index in [0.29, 0.717) is 5.90 Å². The minimum Gasteiger partial charge on any atom is -0.514 e. The Bertz CT molecular complexity index is 2650. The average Bonchev–Trinajstić information content (AvgIpc) is 3.81. The molecule has 0 saturated heterocycles. The first-order valence-electron chi connectivity index (χ1n) is 16.2. The molecule has 1 aliphatic heterocycles. The van der Waals surface area contributed by atoms with Crippen LogP contribution in [0.1, 0.15) is 39.4 Å². The molecule has 0 fully saturated rings. The van der Waals surface area contributed by atoms with Gasteiger partial charge in [-0.15, -0.1) is 41.3 Å². The number of aryl methyl sites for hydroxylation is 3. The summed E-state index contributed by atoms with van der Waals surface area (Å²) in [5.74, 6) is 0.674. The van der Waals surface area contributed by atoms with E-state index in [2.05, 4.69) is 133 Å². The number of pyridine rings is 1. The van der Waals surface area contributed by atoms with Gasteiger partial charge in [-0.2, -0.15) is 6.07 Å². The number of hydrogen-bond donors (Lipinski definition) is 0. The van der Waals surface area contributed by atoms with E-state index in [0.717, 1.165) is 61.9 Å². The number of hydrogen-bond acceptors (Lipinski definition) is 3. The van der Waals surface area contributed by atoms with Crippen molar-refractivity contribution in [3.05, 3.63) is 149 Å². The second-order valence-corrected chi connectivity index (χ2v) is 13.1. The van der Waals surface area contributed by atoms with Gasteiger partial charge in [0.05, 0.1) is 5.52 Å². The van der Waals surface area contributed by atoms with Crippen LogP contribution in [0.15, 0.2) is 108 Å². The maximum atomic E-state index is 6.52. The van der Waals surface area contributed by atoms with Crippen molar-refractivity contribution >= 4 is 49.6 Å². The smallest absolute Gasteiger partial charge is 0.514 e. The Balaban J connectivity index is 0.00000314. The number of ether oxygens (including phenoxy) is 1. The monoisotopic (exact) mass is 801 g/mol. The van der Waals surface area contributed by atoms with E-state index in [1.54, 1.807) is 0 Å². The second-order valence-electron chi connectivity index (χ2n) is 13.1. The molecule has 2 aliphatic rings. The Kier molecular flexibility index (Phi) is 6.54. The van der Waals surface area contributed by atoms with E-state index in [-0.39, 0.29) is 33.2 Å². The quantitative estimate of drug-likeness (QED) is 0.167. The zero-order chi connectivity index (χ0) is 31.4. The van der Waals surface area contributed by atoms with Crippen molar-refractivity contribution in [2.24, 2.45) is 4.99 Å². The van der Waals surface area contributed by atoms with Crippen LogP contribution in [0.4, 0.5) is 0 Å². The molecule has 5 nitrogen and oxygen atoms in total. The third-order valence-corrected chi connectivity index (χ3v) is 9.88. The van der Waals surface area contributed by atoms with Crippen LogP contribution in [0.5, 0.6) is 0 Å². The van der Waals surface area contributed by atoms with Crippen LogP contribution in [0.25, 0.3) is 55.1 Å². The van der Waals surface area contributed by atoms with Crippen molar-refractivity contribution in [2.45, 2.75) is 39.3 Å². The third kappa shape index (κ3) is 4.27. The van der Waals surface area contributed by atoms with Crippen molar-refractivity contribution in [1.82, 2.24) is 14.1 Å². The summed E-state index contributed by atoms with van der Waals surface area (Å²) < 4.78 is 11.1. The topological polar surface area (TPSA) is 44.3 Å². The summed E-state index contributed by atoms with van der Waals surface area (Å²) in [6, 6.07) is 42.4. The summed E-state index contributed by atoms with van der Waals surface area (Å²) in [7, 11) is 0. The van der Waals surface area contributed by atoms with Gasteiger partial charge in [0.1, 0.15) is 23.7 Å². The molecule has 0 saturated carbocycles. The number of benzene rings is 5. The van der Waals surface area contributed by atoms with Gasteiger partial charge in [0.2, 0.25) is 0 Å². The van der Waals surface area contributed by atoms with Crippen LogP contribution in [0, 0.1) is 32.9 Å². The first-order chi connectivity index (χ1) is 23.0. The molecule has 48 heavy (non-hydrogen) atoms. The first kappa shape index (κ1) is 29.2. The molecule has 0 unspecified atom stereocenters. The van der Waals surface area contributed by atoms with Gasteiger partial charge in [-0.3, -0.25) is 4.99 Å². The van der Waals surface area contributed by atoms with E-state index >= 15 is 0 Å². The molecule has 3 aromatic heterocycles. The van der Waals surface area contributed by atoms with Gasteiger partial charge in [-0.25, -0.2) is 4.98 Å². The fourth-order valence-electron chi connectivity index (χ4n) is 7.79. The minimum absolute atomic E-state index is 0. The minimum atomic E-state index is 0. The number of fused-ring (bicyclic) bond motifs is 9. The van der Waals surface area contributed by atoms with Gasteiger partial charge in [0.25, 0.3) is 0 Å². The summed E-state index contributed by atoms with van der Waals surface area (Å²) in [5.41, 5.74) is 13.1. The fourth-order valence-corrected chi connectivity index (χ4v) is 7.79. The molecule has 0 bridgehead atoms. The van der Waals surface area contributed by atoms with Crippen molar-refractivity contribution < 1.29 is 25.8 Å². The maximum absolute atomic E-state index is 6.52. The van der Waals surface area contributed by atoms with Crippen molar-refractivity contribution in [3.8, 4) is 11.4 Å². The van der Waals surface area contributed by atoms with Crippen LogP contribution in [-0.2, 0) is 32.2 Å². The number of aliphatic imine (C=N–C) groups is 1. The largest absolute Gasteiger partial charge is 2.00 e.